The summed E-state index contributed by atoms with van der Waals surface area (Å²) >= 11 is 0. The minimum absolute atomic E-state index is 0.0390. The highest BCUT2D eigenvalue weighted by atomic mass is 16.5. The molecule has 148 valence electrons. The molecule has 0 heterocycles. The number of rotatable bonds is 8. The minimum atomic E-state index is -0.277. The normalized spacial score (nSPS) is 10.6. The lowest BCUT2D eigenvalue weighted by atomic mass is 10.1. The fraction of sp³-hybridized carbons (Fsp3) is 0.273. The first-order valence-electron chi connectivity index (χ1n) is 9.00. The van der Waals surface area contributed by atoms with E-state index in [2.05, 4.69) is 5.32 Å². The zero-order valence-corrected chi connectivity index (χ0v) is 16.7. The van der Waals surface area contributed by atoms with Gasteiger partial charge < -0.3 is 19.7 Å². The molecule has 0 unspecified atom stereocenters. The van der Waals surface area contributed by atoms with Gasteiger partial charge in [-0.05, 0) is 41.8 Å². The molecule has 6 nitrogen and oxygen atoms in total. The summed E-state index contributed by atoms with van der Waals surface area (Å²) in [5.74, 6) is 0.747. The molecular weight excluding hydrogens is 356 g/mol. The largest absolute Gasteiger partial charge is 0.497 e. The highest BCUT2D eigenvalue weighted by molar-refractivity contribution is 5.98. The van der Waals surface area contributed by atoms with Gasteiger partial charge in [0.2, 0.25) is 11.8 Å². The van der Waals surface area contributed by atoms with Crippen molar-refractivity contribution in [1.82, 2.24) is 4.90 Å². The van der Waals surface area contributed by atoms with E-state index in [4.69, 9.17) is 9.47 Å². The Morgan fingerprint density at radius 3 is 2.32 bits per heavy atom. The average Bonchev–Trinajstić information content (AvgIpc) is 2.71. The summed E-state index contributed by atoms with van der Waals surface area (Å²) < 4.78 is 10.4. The van der Waals surface area contributed by atoms with Gasteiger partial charge in [-0.25, -0.2) is 0 Å². The number of anilines is 1. The Bertz CT molecular complexity index is 839. The van der Waals surface area contributed by atoms with Crippen LogP contribution in [0.2, 0.25) is 0 Å². The molecule has 0 aliphatic heterocycles. The first kappa shape index (κ1) is 21.0. The number of carbonyl (C=O) groups is 2. The van der Waals surface area contributed by atoms with Crippen molar-refractivity contribution in [3.8, 4) is 11.5 Å². The van der Waals surface area contributed by atoms with Crippen molar-refractivity contribution in [2.75, 3.05) is 33.1 Å². The molecule has 0 radical (unpaired) electrons. The molecule has 0 atom stereocenters. The second-order valence-electron chi connectivity index (χ2n) is 6.23. The third-order valence-corrected chi connectivity index (χ3v) is 4.22. The average molecular weight is 382 g/mol. The van der Waals surface area contributed by atoms with Crippen LogP contribution < -0.4 is 14.8 Å². The Labute approximate surface area is 165 Å². The summed E-state index contributed by atoms with van der Waals surface area (Å²) in [4.78, 5) is 26.0. The summed E-state index contributed by atoms with van der Waals surface area (Å²) in [5, 5.41) is 2.86. The summed E-state index contributed by atoms with van der Waals surface area (Å²) in [7, 11) is 4.72. The molecule has 0 bridgehead atoms. The number of nitrogens with one attached hydrogen (secondary N) is 1. The third-order valence-electron chi connectivity index (χ3n) is 4.22. The lowest BCUT2D eigenvalue weighted by molar-refractivity contribution is -0.129. The van der Waals surface area contributed by atoms with Gasteiger partial charge in [-0.3, -0.25) is 9.59 Å². The van der Waals surface area contributed by atoms with Crippen molar-refractivity contribution in [1.29, 1.82) is 0 Å². The molecule has 0 saturated carbocycles. The first-order chi connectivity index (χ1) is 13.5. The Balaban J connectivity index is 1.98. The molecule has 0 aliphatic rings. The highest BCUT2D eigenvalue weighted by Gasteiger charge is 2.12. The summed E-state index contributed by atoms with van der Waals surface area (Å²) in [6.07, 6.45) is 3.90. The number of ether oxygens (including phenoxy) is 2. The van der Waals surface area contributed by atoms with Crippen LogP contribution in [0.5, 0.6) is 11.5 Å². The predicted molar refractivity (Wildman–Crippen MR) is 111 cm³/mol. The smallest absolute Gasteiger partial charge is 0.246 e. The van der Waals surface area contributed by atoms with Gasteiger partial charge in [-0.2, -0.15) is 0 Å². The van der Waals surface area contributed by atoms with Crippen LogP contribution in [-0.2, 0) is 16.0 Å². The topological polar surface area (TPSA) is 67.9 Å². The van der Waals surface area contributed by atoms with Gasteiger partial charge in [0, 0.05) is 24.9 Å². The van der Waals surface area contributed by atoms with Gasteiger partial charge in [0.25, 0.3) is 0 Å². The zero-order valence-electron chi connectivity index (χ0n) is 16.7. The minimum Gasteiger partial charge on any atom is -0.497 e. The second kappa shape index (κ2) is 10.2. The Kier molecular flexibility index (Phi) is 7.63. The van der Waals surface area contributed by atoms with E-state index >= 15 is 0 Å². The van der Waals surface area contributed by atoms with Crippen molar-refractivity contribution in [2.24, 2.45) is 0 Å². The fourth-order valence-electron chi connectivity index (χ4n) is 2.65. The number of hydrogen-bond acceptors (Lipinski definition) is 4. The summed E-state index contributed by atoms with van der Waals surface area (Å²) in [6.45, 7) is 1.99. The van der Waals surface area contributed by atoms with Crippen LogP contribution in [0.1, 0.15) is 18.1 Å². The van der Waals surface area contributed by atoms with Crippen molar-refractivity contribution in [3.05, 3.63) is 59.7 Å². The molecule has 0 saturated heterocycles. The maximum atomic E-state index is 12.3. The van der Waals surface area contributed by atoms with Crippen LogP contribution in [0.25, 0.3) is 6.08 Å². The molecule has 1 N–H and O–H groups in total. The Hall–Kier alpha value is -3.28. The molecule has 0 aromatic heterocycles. The standard InChI is InChI=1S/C22H26N2O4/c1-5-17-8-6-7-9-20(17)23-21(25)15-24(2)22(26)11-10-16-12-18(27-3)14-19(13-16)28-4/h6-14H,5,15H2,1-4H3,(H,23,25)/b11-10+. The van der Waals surface area contributed by atoms with E-state index in [0.29, 0.717) is 11.5 Å². The number of nitrogens with zero attached hydrogens (tertiary/aromatic N) is 1. The second-order valence-corrected chi connectivity index (χ2v) is 6.23. The maximum absolute atomic E-state index is 12.3. The highest BCUT2D eigenvalue weighted by Crippen LogP contribution is 2.23. The molecule has 28 heavy (non-hydrogen) atoms. The molecule has 2 aromatic carbocycles. The van der Waals surface area contributed by atoms with E-state index in [1.807, 2.05) is 31.2 Å². The molecule has 6 heteroatoms. The number of benzene rings is 2. The number of aryl methyl sites for hydroxylation is 1. The van der Waals surface area contributed by atoms with Crippen molar-refractivity contribution in [2.45, 2.75) is 13.3 Å². The number of carbonyl (C=O) groups excluding carboxylic acids is 2. The van der Waals surface area contributed by atoms with Gasteiger partial charge in [-0.15, -0.1) is 0 Å². The van der Waals surface area contributed by atoms with E-state index in [1.165, 1.54) is 11.0 Å². The Morgan fingerprint density at radius 1 is 1.07 bits per heavy atom. The third kappa shape index (κ3) is 5.87. The van der Waals surface area contributed by atoms with Crippen LogP contribution in [-0.4, -0.2) is 44.5 Å². The lowest BCUT2D eigenvalue weighted by Gasteiger charge is -2.16. The van der Waals surface area contributed by atoms with E-state index in [1.54, 1.807) is 45.5 Å². The molecule has 0 spiro atoms. The van der Waals surface area contributed by atoms with E-state index in [0.717, 1.165) is 23.2 Å². The molecule has 2 amide bonds. The van der Waals surface area contributed by atoms with Gasteiger partial charge >= 0.3 is 0 Å². The van der Waals surface area contributed by atoms with Crippen molar-refractivity contribution < 1.29 is 19.1 Å². The van der Waals surface area contributed by atoms with Gasteiger partial charge in [0.05, 0.1) is 20.8 Å². The first-order valence-corrected chi connectivity index (χ1v) is 9.00. The van der Waals surface area contributed by atoms with Gasteiger partial charge in [0.15, 0.2) is 0 Å². The van der Waals surface area contributed by atoms with E-state index in [9.17, 15) is 9.59 Å². The van der Waals surface area contributed by atoms with Crippen LogP contribution in [0, 0.1) is 0 Å². The molecule has 0 fully saturated rings. The lowest BCUT2D eigenvalue weighted by Crippen LogP contribution is -2.34. The SMILES string of the molecule is CCc1ccccc1NC(=O)CN(C)C(=O)/C=C/c1cc(OC)cc(OC)c1. The molecule has 2 rings (SSSR count). The fourth-order valence-corrected chi connectivity index (χ4v) is 2.65. The van der Waals surface area contributed by atoms with Crippen LogP contribution >= 0.6 is 0 Å². The number of likely N-dealkylation sites (N-methyl/N-ethyl adjacent to an activating group) is 1. The number of hydrogen-bond donors (Lipinski definition) is 1. The quantitative estimate of drug-likeness (QED) is 0.711. The number of amides is 2. The summed E-state index contributed by atoms with van der Waals surface area (Å²) in [6, 6.07) is 13.0. The van der Waals surface area contributed by atoms with Gasteiger partial charge in [-0.1, -0.05) is 25.1 Å². The van der Waals surface area contributed by atoms with Crippen LogP contribution in [0.15, 0.2) is 48.5 Å². The maximum Gasteiger partial charge on any atom is 0.246 e. The number of methoxy groups -OCH3 is 2. The monoisotopic (exact) mass is 382 g/mol. The molecule has 2 aromatic rings. The Morgan fingerprint density at radius 2 is 1.71 bits per heavy atom. The zero-order chi connectivity index (χ0) is 20.5. The van der Waals surface area contributed by atoms with Crippen molar-refractivity contribution >= 4 is 23.6 Å². The number of para-hydroxylation sites is 1. The molecular formula is C22H26N2O4. The van der Waals surface area contributed by atoms with Crippen LogP contribution in [0.4, 0.5) is 5.69 Å². The molecule has 0 aliphatic carbocycles. The van der Waals surface area contributed by atoms with Gasteiger partial charge in [0.1, 0.15) is 11.5 Å². The summed E-state index contributed by atoms with van der Waals surface area (Å²) in [5.41, 5.74) is 2.59. The van der Waals surface area contributed by atoms with E-state index in [-0.39, 0.29) is 18.4 Å². The predicted octanol–water partition coefficient (Wildman–Crippen LogP) is 3.38. The van der Waals surface area contributed by atoms with Crippen LogP contribution in [0.3, 0.4) is 0 Å². The van der Waals surface area contributed by atoms with E-state index < -0.39 is 0 Å². The van der Waals surface area contributed by atoms with Crippen molar-refractivity contribution in [3.63, 3.8) is 0 Å².